The molecule has 0 radical (unpaired) electrons. The molecule has 0 atom stereocenters. The molecule has 0 saturated heterocycles. The van der Waals surface area contributed by atoms with E-state index >= 15 is 0 Å². The van der Waals surface area contributed by atoms with Crippen LogP contribution < -0.4 is 15.5 Å². The SMILES string of the molecule is C=CCNC(=NCCCN(CC)c1ccccc1)NCC. The van der Waals surface area contributed by atoms with E-state index in [0.29, 0.717) is 0 Å². The maximum absolute atomic E-state index is 4.57. The van der Waals surface area contributed by atoms with Crippen LogP contribution in [0.3, 0.4) is 0 Å². The molecular weight excluding hydrogens is 260 g/mol. The van der Waals surface area contributed by atoms with E-state index in [-0.39, 0.29) is 0 Å². The number of para-hydroxylation sites is 1. The zero-order valence-corrected chi connectivity index (χ0v) is 13.3. The lowest BCUT2D eigenvalue weighted by Crippen LogP contribution is -2.37. The van der Waals surface area contributed by atoms with Gasteiger partial charge in [-0.25, -0.2) is 0 Å². The fourth-order valence-corrected chi connectivity index (χ4v) is 2.07. The van der Waals surface area contributed by atoms with Crippen molar-refractivity contribution in [3.05, 3.63) is 43.0 Å². The molecule has 0 spiro atoms. The predicted octanol–water partition coefficient (Wildman–Crippen LogP) is 2.64. The summed E-state index contributed by atoms with van der Waals surface area (Å²) in [5, 5.41) is 6.44. The quantitative estimate of drug-likeness (QED) is 0.318. The van der Waals surface area contributed by atoms with Gasteiger partial charge in [-0.2, -0.15) is 0 Å². The third kappa shape index (κ3) is 6.84. The van der Waals surface area contributed by atoms with Crippen LogP contribution in [0.25, 0.3) is 0 Å². The number of rotatable bonds is 9. The number of hydrogen-bond donors (Lipinski definition) is 2. The van der Waals surface area contributed by atoms with Crippen LogP contribution in [0, 0.1) is 0 Å². The second kappa shape index (κ2) is 10.8. The molecular formula is C17H28N4. The van der Waals surface area contributed by atoms with E-state index in [0.717, 1.165) is 45.1 Å². The molecule has 4 nitrogen and oxygen atoms in total. The van der Waals surface area contributed by atoms with Crippen LogP contribution in [-0.2, 0) is 0 Å². The minimum absolute atomic E-state index is 0.733. The van der Waals surface area contributed by atoms with Gasteiger partial charge in [0, 0.05) is 38.4 Å². The molecule has 0 aliphatic heterocycles. The lowest BCUT2D eigenvalue weighted by atomic mass is 10.2. The predicted molar refractivity (Wildman–Crippen MR) is 93.1 cm³/mol. The van der Waals surface area contributed by atoms with Crippen molar-refractivity contribution in [2.75, 3.05) is 37.6 Å². The maximum atomic E-state index is 4.57. The fourth-order valence-electron chi connectivity index (χ4n) is 2.07. The van der Waals surface area contributed by atoms with Gasteiger partial charge in [0.15, 0.2) is 5.96 Å². The van der Waals surface area contributed by atoms with Gasteiger partial charge in [-0.05, 0) is 32.4 Å². The lowest BCUT2D eigenvalue weighted by Gasteiger charge is -2.22. The highest BCUT2D eigenvalue weighted by Crippen LogP contribution is 2.12. The lowest BCUT2D eigenvalue weighted by molar-refractivity contribution is 0.746. The van der Waals surface area contributed by atoms with Crippen molar-refractivity contribution >= 4 is 11.6 Å². The van der Waals surface area contributed by atoms with E-state index in [1.807, 2.05) is 6.08 Å². The van der Waals surface area contributed by atoms with Crippen molar-refractivity contribution in [1.82, 2.24) is 10.6 Å². The molecule has 1 aromatic carbocycles. The van der Waals surface area contributed by atoms with Crippen molar-refractivity contribution in [2.45, 2.75) is 20.3 Å². The Morgan fingerprint density at radius 1 is 1.24 bits per heavy atom. The van der Waals surface area contributed by atoms with E-state index in [9.17, 15) is 0 Å². The summed E-state index contributed by atoms with van der Waals surface area (Å²) in [6, 6.07) is 10.5. The third-order valence-corrected chi connectivity index (χ3v) is 3.12. The molecule has 0 amide bonds. The second-order valence-corrected chi connectivity index (χ2v) is 4.70. The molecule has 0 heterocycles. The summed E-state index contributed by atoms with van der Waals surface area (Å²) >= 11 is 0. The molecule has 1 aromatic rings. The molecule has 0 aliphatic carbocycles. The summed E-state index contributed by atoms with van der Waals surface area (Å²) in [7, 11) is 0. The summed E-state index contributed by atoms with van der Waals surface area (Å²) in [5.41, 5.74) is 1.28. The standard InChI is InChI=1S/C17H28N4/c1-4-13-19-17(18-5-2)20-14-10-15-21(6-3)16-11-8-7-9-12-16/h4,7-9,11-12H,1,5-6,10,13-15H2,2-3H3,(H2,18,19,20). The first kappa shape index (κ1) is 17.1. The number of aliphatic imine (C=N–C) groups is 1. The van der Waals surface area contributed by atoms with Gasteiger partial charge in [-0.3, -0.25) is 4.99 Å². The van der Waals surface area contributed by atoms with Gasteiger partial charge in [0.25, 0.3) is 0 Å². The average Bonchev–Trinajstić information content (AvgIpc) is 2.53. The Morgan fingerprint density at radius 3 is 2.62 bits per heavy atom. The minimum Gasteiger partial charge on any atom is -0.372 e. The van der Waals surface area contributed by atoms with Gasteiger partial charge in [0.1, 0.15) is 0 Å². The van der Waals surface area contributed by atoms with Crippen LogP contribution in [0.2, 0.25) is 0 Å². The molecule has 0 aliphatic rings. The van der Waals surface area contributed by atoms with Gasteiger partial charge in [-0.15, -0.1) is 6.58 Å². The van der Waals surface area contributed by atoms with Crippen molar-refractivity contribution in [2.24, 2.45) is 4.99 Å². The molecule has 21 heavy (non-hydrogen) atoms. The number of hydrogen-bond acceptors (Lipinski definition) is 2. The Labute approximate surface area is 129 Å². The molecule has 116 valence electrons. The molecule has 0 fully saturated rings. The molecule has 0 saturated carbocycles. The highest BCUT2D eigenvalue weighted by Gasteiger charge is 2.02. The summed E-state index contributed by atoms with van der Waals surface area (Å²) < 4.78 is 0. The molecule has 0 aromatic heterocycles. The Bertz CT molecular complexity index is 414. The second-order valence-electron chi connectivity index (χ2n) is 4.70. The number of nitrogens with zero attached hydrogens (tertiary/aromatic N) is 2. The van der Waals surface area contributed by atoms with Gasteiger partial charge >= 0.3 is 0 Å². The topological polar surface area (TPSA) is 39.7 Å². The summed E-state index contributed by atoms with van der Waals surface area (Å²) in [6.07, 6.45) is 2.87. The zero-order chi connectivity index (χ0) is 15.3. The number of benzene rings is 1. The molecule has 2 N–H and O–H groups in total. The molecule has 4 heteroatoms. The van der Waals surface area contributed by atoms with Crippen LogP contribution >= 0.6 is 0 Å². The van der Waals surface area contributed by atoms with E-state index in [1.54, 1.807) is 0 Å². The van der Waals surface area contributed by atoms with E-state index in [2.05, 4.69) is 71.3 Å². The van der Waals surface area contributed by atoms with Crippen LogP contribution in [0.15, 0.2) is 48.0 Å². The van der Waals surface area contributed by atoms with Crippen molar-refractivity contribution in [3.63, 3.8) is 0 Å². The first-order chi connectivity index (χ1) is 10.3. The number of anilines is 1. The third-order valence-electron chi connectivity index (χ3n) is 3.12. The van der Waals surface area contributed by atoms with Crippen LogP contribution in [0.4, 0.5) is 5.69 Å². The van der Waals surface area contributed by atoms with Gasteiger partial charge in [0.05, 0.1) is 0 Å². The van der Waals surface area contributed by atoms with Crippen LogP contribution in [0.1, 0.15) is 20.3 Å². The largest absolute Gasteiger partial charge is 0.372 e. The van der Waals surface area contributed by atoms with Crippen molar-refractivity contribution in [3.8, 4) is 0 Å². The Kier molecular flexibility index (Phi) is 8.76. The fraction of sp³-hybridized carbons (Fsp3) is 0.471. The van der Waals surface area contributed by atoms with Crippen molar-refractivity contribution < 1.29 is 0 Å². The van der Waals surface area contributed by atoms with Gasteiger partial charge < -0.3 is 15.5 Å². The number of nitrogens with one attached hydrogen (secondary N) is 2. The van der Waals surface area contributed by atoms with E-state index in [1.165, 1.54) is 5.69 Å². The van der Waals surface area contributed by atoms with Gasteiger partial charge in [0.2, 0.25) is 0 Å². The summed E-state index contributed by atoms with van der Waals surface area (Å²) in [4.78, 5) is 6.95. The maximum Gasteiger partial charge on any atom is 0.191 e. The van der Waals surface area contributed by atoms with Crippen LogP contribution in [0.5, 0.6) is 0 Å². The summed E-state index contributed by atoms with van der Waals surface area (Å²) in [5.74, 6) is 0.861. The Hall–Kier alpha value is -1.97. The van der Waals surface area contributed by atoms with Crippen LogP contribution in [-0.4, -0.2) is 38.7 Å². The Balaban J connectivity index is 2.40. The number of guanidine groups is 1. The highest BCUT2D eigenvalue weighted by atomic mass is 15.2. The average molecular weight is 288 g/mol. The van der Waals surface area contributed by atoms with Crippen molar-refractivity contribution in [1.29, 1.82) is 0 Å². The zero-order valence-electron chi connectivity index (χ0n) is 13.3. The van der Waals surface area contributed by atoms with E-state index < -0.39 is 0 Å². The molecule has 1 rings (SSSR count). The molecule has 0 unspecified atom stereocenters. The summed E-state index contributed by atoms with van der Waals surface area (Å²) in [6.45, 7) is 12.4. The Morgan fingerprint density at radius 2 is 2.00 bits per heavy atom. The molecule has 0 bridgehead atoms. The minimum atomic E-state index is 0.733. The first-order valence-electron chi connectivity index (χ1n) is 7.74. The smallest absolute Gasteiger partial charge is 0.191 e. The first-order valence-corrected chi connectivity index (χ1v) is 7.74. The van der Waals surface area contributed by atoms with Gasteiger partial charge in [-0.1, -0.05) is 24.3 Å². The van der Waals surface area contributed by atoms with E-state index in [4.69, 9.17) is 0 Å². The highest BCUT2D eigenvalue weighted by molar-refractivity contribution is 5.79. The monoisotopic (exact) mass is 288 g/mol. The normalized spacial score (nSPS) is 11.0.